The molecule has 0 bridgehead atoms. The largest absolute Gasteiger partial charge is 0.305 e. The molecule has 1 radical (unpaired) electrons. The van der Waals surface area contributed by atoms with Crippen LogP contribution in [0.3, 0.4) is 0 Å². The number of hydrogen-bond donors (Lipinski definition) is 0. The second-order valence-corrected chi connectivity index (χ2v) is 22.9. The van der Waals surface area contributed by atoms with Gasteiger partial charge in [-0.05, 0) is 114 Å². The Balaban J connectivity index is 0.000000200. The van der Waals surface area contributed by atoms with Crippen LogP contribution in [0.1, 0.15) is 48.9 Å². The summed E-state index contributed by atoms with van der Waals surface area (Å²) in [4.78, 5) is 9.29. The van der Waals surface area contributed by atoms with Crippen molar-refractivity contribution in [1.29, 1.82) is 0 Å². The molecule has 0 amide bonds. The summed E-state index contributed by atoms with van der Waals surface area (Å²) in [6, 6.07) is 61.3. The van der Waals surface area contributed by atoms with Crippen LogP contribution in [0, 0.1) is 24.8 Å². The van der Waals surface area contributed by atoms with E-state index in [-0.39, 0.29) is 31.5 Å². The normalized spacial score (nSPS) is 14.0. The average molecular weight is 1060 g/mol. The van der Waals surface area contributed by atoms with Gasteiger partial charge in [-0.25, -0.2) is 4.39 Å². The topological polar surface area (TPSA) is 25.8 Å². The zero-order chi connectivity index (χ0) is 49.4. The quantitative estimate of drug-likeness (QED) is 0.106. The fourth-order valence-corrected chi connectivity index (χ4v) is 10.6. The molecule has 323 valence electrons. The number of aryl methyl sites for hydroxylation is 1. The van der Waals surface area contributed by atoms with E-state index in [1.54, 1.807) is 47.9 Å². The maximum atomic E-state index is 13.4. The van der Waals surface area contributed by atoms with Crippen molar-refractivity contribution in [2.24, 2.45) is 0 Å². The Kier molecular flexibility index (Phi) is 11.7. The molecule has 7 aromatic carbocycles. The van der Waals surface area contributed by atoms with E-state index in [1.807, 2.05) is 104 Å². The third kappa shape index (κ3) is 10.4. The number of rotatable bonds is 9. The smallest absolute Gasteiger partial charge is 0.123 e. The van der Waals surface area contributed by atoms with Gasteiger partial charge in [-0.15, -0.1) is 59.2 Å². The summed E-state index contributed by atoms with van der Waals surface area (Å²) in [7, 11) is -1.75. The van der Waals surface area contributed by atoms with Gasteiger partial charge in [-0.1, -0.05) is 148 Å². The minimum Gasteiger partial charge on any atom is -0.305 e. The summed E-state index contributed by atoms with van der Waals surface area (Å²) in [5.41, 5.74) is 10.5. The predicted octanol–water partition coefficient (Wildman–Crippen LogP) is 15.5. The molecule has 6 heteroatoms. The van der Waals surface area contributed by atoms with E-state index in [1.165, 1.54) is 18.2 Å². The molecule has 0 spiro atoms. The van der Waals surface area contributed by atoms with Gasteiger partial charge in [0.2, 0.25) is 0 Å². The van der Waals surface area contributed by atoms with Crippen LogP contribution in [0.2, 0.25) is 19.6 Å². The van der Waals surface area contributed by atoms with E-state index in [2.05, 4.69) is 78.1 Å². The second-order valence-electron chi connectivity index (χ2n) is 16.8. The van der Waals surface area contributed by atoms with Gasteiger partial charge in [0.15, 0.2) is 0 Å². The van der Waals surface area contributed by atoms with Crippen molar-refractivity contribution in [3.05, 3.63) is 234 Å². The summed E-state index contributed by atoms with van der Waals surface area (Å²) < 4.78 is 65.1. The Morgan fingerprint density at radius 2 is 1.42 bits per heavy atom. The van der Waals surface area contributed by atoms with Gasteiger partial charge < -0.3 is 9.97 Å². The number of benzene rings is 7. The van der Waals surface area contributed by atoms with Gasteiger partial charge in [0, 0.05) is 51.3 Å². The summed E-state index contributed by atoms with van der Waals surface area (Å²) in [6.07, 6.45) is 1.93. The number of hydrogen-bond acceptors (Lipinski definition) is 3. The minimum atomic E-state index is -2.15. The molecule has 0 N–H and O–H groups in total. The molecule has 65 heavy (non-hydrogen) atoms. The minimum absolute atomic E-state index is 0. The molecule has 0 aliphatic heterocycles. The van der Waals surface area contributed by atoms with Gasteiger partial charge in [0.25, 0.3) is 0 Å². The fourth-order valence-electron chi connectivity index (χ4n) is 7.90. The number of fused-ring (bicyclic) bond motifs is 3. The van der Waals surface area contributed by atoms with Gasteiger partial charge in [0.05, 0.1) is 8.07 Å². The van der Waals surface area contributed by atoms with Crippen LogP contribution < -0.4 is 5.19 Å². The van der Waals surface area contributed by atoms with Crippen LogP contribution >= 0.6 is 11.3 Å². The first-order valence-electron chi connectivity index (χ1n) is 24.2. The second kappa shape index (κ2) is 19.9. The summed E-state index contributed by atoms with van der Waals surface area (Å²) >= 11 is 1.70. The first-order chi connectivity index (χ1) is 33.4. The van der Waals surface area contributed by atoms with Crippen molar-refractivity contribution < 1.29 is 32.7 Å². The molecule has 0 aliphatic rings. The van der Waals surface area contributed by atoms with Crippen LogP contribution in [-0.2, 0) is 26.5 Å². The number of pyridine rings is 2. The van der Waals surface area contributed by atoms with E-state index < -0.39 is 27.2 Å². The zero-order valence-electron chi connectivity index (χ0n) is 42.4. The van der Waals surface area contributed by atoms with Crippen molar-refractivity contribution in [3.8, 4) is 44.8 Å². The molecule has 0 fully saturated rings. The predicted molar refractivity (Wildman–Crippen MR) is 272 cm³/mol. The molecule has 1 atom stereocenters. The Morgan fingerprint density at radius 1 is 0.692 bits per heavy atom. The Morgan fingerprint density at radius 3 is 2.14 bits per heavy atom. The summed E-state index contributed by atoms with van der Waals surface area (Å²) in [5.74, 6) is -1.17. The molecule has 0 aliphatic carbocycles. The molecule has 3 aromatic heterocycles. The van der Waals surface area contributed by atoms with E-state index in [9.17, 15) is 5.76 Å². The molecule has 0 saturated carbocycles. The van der Waals surface area contributed by atoms with Crippen LogP contribution in [0.4, 0.5) is 4.39 Å². The average Bonchev–Trinajstić information content (AvgIpc) is 3.75. The molecular formula is C59H49FIrN2SSi-2. The Bertz CT molecular complexity index is 3470. The number of thiophene rings is 1. The molecule has 1 unspecified atom stereocenters. The number of nitrogens with zero attached hydrogens (tertiary/aromatic N) is 2. The SMILES string of the molecule is [2H]C([2H])([2H])c1c[c-]c(-c2cc(C([2H])(C)c3ccccc3)c([Si](C)(C)C)cn2)cc1.[2H]C([2H])(c1ccccc1)c1ccnc(-c2[c-]ccc3c2sc2ccc(-c4cccc(-c5ccc(F)cc5)c4)cc23)c1.[Ir]. The first-order valence-corrected chi connectivity index (χ1v) is 25.5. The maximum Gasteiger partial charge on any atom is 0.123 e. The molecule has 10 aromatic rings. The summed E-state index contributed by atoms with van der Waals surface area (Å²) in [6.45, 7) is 6.54. The van der Waals surface area contributed by atoms with Crippen LogP contribution in [0.15, 0.2) is 188 Å². The van der Waals surface area contributed by atoms with Crippen molar-refractivity contribution in [2.45, 2.75) is 45.7 Å². The Hall–Kier alpha value is -6.14. The zero-order valence-corrected chi connectivity index (χ0v) is 40.6. The summed E-state index contributed by atoms with van der Waals surface area (Å²) in [5, 5.41) is 3.43. The van der Waals surface area contributed by atoms with Crippen molar-refractivity contribution in [3.63, 3.8) is 0 Å². The van der Waals surface area contributed by atoms with E-state index in [0.717, 1.165) is 69.9 Å². The monoisotopic (exact) mass is 1060 g/mol. The van der Waals surface area contributed by atoms with E-state index >= 15 is 0 Å². The van der Waals surface area contributed by atoms with Crippen LogP contribution in [0.5, 0.6) is 0 Å². The van der Waals surface area contributed by atoms with Gasteiger partial charge in [0.1, 0.15) is 5.82 Å². The molecule has 0 saturated heterocycles. The molecule has 10 rings (SSSR count). The van der Waals surface area contributed by atoms with Crippen LogP contribution in [-0.4, -0.2) is 18.0 Å². The standard InChI is InChI=1S/C36H23FNS.C23H26NSi.Ir/c37-30-15-12-26(13-16-30)27-8-4-9-28(22-27)29-14-17-35-33(23-29)31-10-5-11-32(36(31)39-35)34-21-25(18-19-38-34)20-24-6-2-1-3-7-24;1-17-11-13-20(14-12-17)22-15-21(23(16-24-22)25(3,4)5)18(2)19-9-7-6-8-10-19;/h1-10,12-19,21-23H,20H2;6-13,15-16,18H,1-5H3;/q2*-1;/i20D2;1D3,18D;. The molecule has 3 heterocycles. The maximum absolute atomic E-state index is 13.4. The molecule has 2 nitrogen and oxygen atoms in total. The number of aromatic nitrogens is 2. The molecular weight excluding hydrogens is 1010 g/mol. The fraction of sp³-hybridized carbons (Fsp3) is 0.119. The van der Waals surface area contributed by atoms with Crippen molar-refractivity contribution >= 4 is 44.8 Å². The van der Waals surface area contributed by atoms with Gasteiger partial charge >= 0.3 is 0 Å². The Labute approximate surface area is 409 Å². The van der Waals surface area contributed by atoms with Crippen molar-refractivity contribution in [1.82, 2.24) is 9.97 Å². The number of halogens is 1. The third-order valence-corrected chi connectivity index (χ3v) is 14.5. The third-order valence-electron chi connectivity index (χ3n) is 11.3. The van der Waals surface area contributed by atoms with Gasteiger partial charge in [-0.2, -0.15) is 11.3 Å². The van der Waals surface area contributed by atoms with E-state index in [4.69, 9.17) is 6.85 Å². The first kappa shape index (κ1) is 38.2. The van der Waals surface area contributed by atoms with Crippen LogP contribution in [0.25, 0.3) is 64.9 Å². The van der Waals surface area contributed by atoms with Crippen molar-refractivity contribution in [2.75, 3.05) is 0 Å². The van der Waals surface area contributed by atoms with Gasteiger partial charge in [-0.3, -0.25) is 0 Å². The van der Waals surface area contributed by atoms with E-state index in [0.29, 0.717) is 22.5 Å².